The zero-order chi connectivity index (χ0) is 14.0. The minimum Gasteiger partial charge on any atom is -0.292 e. The summed E-state index contributed by atoms with van der Waals surface area (Å²) in [5.74, 6) is 0.00167. The molecule has 0 aliphatic rings. The normalized spacial score (nSPS) is 11.0. The molecule has 0 saturated carbocycles. The lowest BCUT2D eigenvalue weighted by Crippen LogP contribution is -2.14. The number of hydrogen-bond acceptors (Lipinski definition) is 2. The molecule has 4 heteroatoms. The molecule has 100 valence electrons. The van der Waals surface area contributed by atoms with Gasteiger partial charge in [0.2, 0.25) is 0 Å². The van der Waals surface area contributed by atoms with Gasteiger partial charge in [0.05, 0.1) is 11.2 Å². The highest BCUT2D eigenvalue weighted by molar-refractivity contribution is 6.33. The predicted octanol–water partition coefficient (Wildman–Crippen LogP) is 3.85. The lowest BCUT2D eigenvalue weighted by atomic mass is 10.0. The third kappa shape index (κ3) is 3.04. The molecule has 0 atom stereocenters. The highest BCUT2D eigenvalue weighted by atomic mass is 35.5. The van der Waals surface area contributed by atoms with Gasteiger partial charge in [-0.2, -0.15) is 5.10 Å². The van der Waals surface area contributed by atoms with Gasteiger partial charge in [-0.05, 0) is 26.3 Å². The summed E-state index contributed by atoms with van der Waals surface area (Å²) in [6.07, 6.45) is 1.88. The van der Waals surface area contributed by atoms with E-state index in [2.05, 4.69) is 5.10 Å². The molecular formula is C15H17ClN2O. The topological polar surface area (TPSA) is 34.9 Å². The van der Waals surface area contributed by atoms with Crippen LogP contribution >= 0.6 is 11.6 Å². The summed E-state index contributed by atoms with van der Waals surface area (Å²) in [4.78, 5) is 12.4. The lowest BCUT2D eigenvalue weighted by Gasteiger charge is -2.10. The summed E-state index contributed by atoms with van der Waals surface area (Å²) in [5.41, 5.74) is 2.64. The van der Waals surface area contributed by atoms with Gasteiger partial charge in [-0.3, -0.25) is 9.48 Å². The van der Waals surface area contributed by atoms with Crippen molar-refractivity contribution in [3.8, 4) is 0 Å². The van der Waals surface area contributed by atoms with Crippen LogP contribution in [-0.2, 0) is 6.42 Å². The maximum Gasteiger partial charge on any atom is 0.186 e. The van der Waals surface area contributed by atoms with E-state index in [1.165, 1.54) is 6.20 Å². The largest absolute Gasteiger partial charge is 0.292 e. The van der Waals surface area contributed by atoms with E-state index in [0.717, 1.165) is 11.1 Å². The van der Waals surface area contributed by atoms with E-state index >= 15 is 0 Å². The first-order valence-electron chi connectivity index (χ1n) is 6.30. The first kappa shape index (κ1) is 13.8. The fourth-order valence-electron chi connectivity index (χ4n) is 2.08. The van der Waals surface area contributed by atoms with Gasteiger partial charge in [-0.15, -0.1) is 0 Å². The number of benzene rings is 1. The van der Waals surface area contributed by atoms with Gasteiger partial charge in [0, 0.05) is 12.5 Å². The number of halogens is 1. The number of Topliss-reactive ketones (excluding diaryl/α,β-unsaturated/α-hetero) is 1. The standard InChI is InChI=1S/C15H17ClN2O/c1-10(2)18-15(13(16)9-17-18)14(19)8-12-6-4-5-11(3)7-12/h4-7,9-10H,8H2,1-3H3. The van der Waals surface area contributed by atoms with Crippen LogP contribution in [0, 0.1) is 6.92 Å². The van der Waals surface area contributed by atoms with Crippen LogP contribution in [0.2, 0.25) is 5.02 Å². The molecule has 0 N–H and O–H groups in total. The molecule has 1 aromatic carbocycles. The van der Waals surface area contributed by atoms with Crippen molar-refractivity contribution >= 4 is 17.4 Å². The van der Waals surface area contributed by atoms with E-state index in [9.17, 15) is 4.79 Å². The van der Waals surface area contributed by atoms with E-state index in [0.29, 0.717) is 17.1 Å². The van der Waals surface area contributed by atoms with E-state index < -0.39 is 0 Å². The van der Waals surface area contributed by atoms with Crippen molar-refractivity contribution in [2.24, 2.45) is 0 Å². The Bertz CT molecular complexity index is 602. The molecule has 0 bridgehead atoms. The van der Waals surface area contributed by atoms with Crippen LogP contribution in [0.3, 0.4) is 0 Å². The van der Waals surface area contributed by atoms with Crippen LogP contribution in [0.25, 0.3) is 0 Å². The Hall–Kier alpha value is -1.61. The van der Waals surface area contributed by atoms with Gasteiger partial charge in [-0.25, -0.2) is 0 Å². The van der Waals surface area contributed by atoms with Crippen molar-refractivity contribution in [2.75, 3.05) is 0 Å². The molecule has 0 saturated heterocycles. The number of carbonyl (C=O) groups is 1. The van der Waals surface area contributed by atoms with Crippen molar-refractivity contribution in [1.29, 1.82) is 0 Å². The lowest BCUT2D eigenvalue weighted by molar-refractivity contribution is 0.0981. The van der Waals surface area contributed by atoms with Gasteiger partial charge in [0.15, 0.2) is 5.78 Å². The maximum atomic E-state index is 12.4. The van der Waals surface area contributed by atoms with Crippen LogP contribution in [0.5, 0.6) is 0 Å². The molecule has 0 radical (unpaired) electrons. The van der Waals surface area contributed by atoms with Crippen molar-refractivity contribution < 1.29 is 4.79 Å². The summed E-state index contributed by atoms with van der Waals surface area (Å²) in [6, 6.07) is 8.05. The number of aryl methyl sites for hydroxylation is 1. The molecular weight excluding hydrogens is 260 g/mol. The smallest absolute Gasteiger partial charge is 0.186 e. The number of nitrogens with zero attached hydrogens (tertiary/aromatic N) is 2. The Morgan fingerprint density at radius 1 is 1.42 bits per heavy atom. The van der Waals surface area contributed by atoms with Gasteiger partial charge in [0.1, 0.15) is 5.69 Å². The number of hydrogen-bond donors (Lipinski definition) is 0. The summed E-state index contributed by atoms with van der Waals surface area (Å²) >= 11 is 6.08. The maximum absolute atomic E-state index is 12.4. The Labute approximate surface area is 118 Å². The molecule has 3 nitrogen and oxygen atoms in total. The third-order valence-electron chi connectivity index (χ3n) is 2.95. The van der Waals surface area contributed by atoms with Crippen LogP contribution in [0.1, 0.15) is 41.5 Å². The highest BCUT2D eigenvalue weighted by Crippen LogP contribution is 2.21. The number of ketones is 1. The van der Waals surface area contributed by atoms with E-state index in [1.54, 1.807) is 4.68 Å². The minimum absolute atomic E-state index is 0.00167. The Morgan fingerprint density at radius 2 is 2.16 bits per heavy atom. The van der Waals surface area contributed by atoms with Crippen molar-refractivity contribution in [3.05, 3.63) is 52.3 Å². The quantitative estimate of drug-likeness (QED) is 0.795. The first-order valence-corrected chi connectivity index (χ1v) is 6.68. The SMILES string of the molecule is Cc1cccc(CC(=O)c2c(Cl)cnn2C(C)C)c1. The number of rotatable bonds is 4. The average Bonchev–Trinajstić information content (AvgIpc) is 2.71. The molecule has 0 fully saturated rings. The zero-order valence-corrected chi connectivity index (χ0v) is 12.1. The molecule has 0 aliphatic carbocycles. The fraction of sp³-hybridized carbons (Fsp3) is 0.333. The second kappa shape index (κ2) is 5.57. The van der Waals surface area contributed by atoms with Crippen LogP contribution in [0.4, 0.5) is 0 Å². The zero-order valence-electron chi connectivity index (χ0n) is 11.4. The van der Waals surface area contributed by atoms with Gasteiger partial charge in [0.25, 0.3) is 0 Å². The van der Waals surface area contributed by atoms with Gasteiger partial charge in [-0.1, -0.05) is 41.4 Å². The fourth-order valence-corrected chi connectivity index (χ4v) is 2.32. The molecule has 1 heterocycles. The summed E-state index contributed by atoms with van der Waals surface area (Å²) in [7, 11) is 0. The molecule has 1 aromatic heterocycles. The molecule has 0 aliphatic heterocycles. The molecule has 2 aromatic rings. The Balaban J connectivity index is 2.28. The first-order chi connectivity index (χ1) is 8.99. The van der Waals surface area contributed by atoms with Gasteiger partial charge < -0.3 is 0 Å². The van der Waals surface area contributed by atoms with Crippen molar-refractivity contribution in [3.63, 3.8) is 0 Å². The van der Waals surface area contributed by atoms with E-state index in [1.807, 2.05) is 45.0 Å². The van der Waals surface area contributed by atoms with Crippen molar-refractivity contribution in [1.82, 2.24) is 9.78 Å². The van der Waals surface area contributed by atoms with Crippen LogP contribution in [0.15, 0.2) is 30.5 Å². The second-order valence-corrected chi connectivity index (χ2v) is 5.38. The second-order valence-electron chi connectivity index (χ2n) is 4.97. The third-order valence-corrected chi connectivity index (χ3v) is 3.23. The molecule has 0 spiro atoms. The highest BCUT2D eigenvalue weighted by Gasteiger charge is 2.19. The summed E-state index contributed by atoms with van der Waals surface area (Å²) in [5, 5.41) is 4.58. The van der Waals surface area contributed by atoms with E-state index in [-0.39, 0.29) is 11.8 Å². The average molecular weight is 277 g/mol. The van der Waals surface area contributed by atoms with E-state index in [4.69, 9.17) is 11.6 Å². The number of carbonyl (C=O) groups excluding carboxylic acids is 1. The molecule has 0 amide bonds. The molecule has 2 rings (SSSR count). The van der Waals surface area contributed by atoms with Crippen LogP contribution in [-0.4, -0.2) is 15.6 Å². The van der Waals surface area contributed by atoms with Crippen LogP contribution < -0.4 is 0 Å². The monoisotopic (exact) mass is 276 g/mol. The summed E-state index contributed by atoms with van der Waals surface area (Å²) in [6.45, 7) is 5.97. The predicted molar refractivity (Wildman–Crippen MR) is 76.8 cm³/mol. The Kier molecular flexibility index (Phi) is 4.05. The number of aromatic nitrogens is 2. The molecule has 19 heavy (non-hydrogen) atoms. The Morgan fingerprint density at radius 3 is 2.79 bits per heavy atom. The van der Waals surface area contributed by atoms with Crippen molar-refractivity contribution in [2.45, 2.75) is 33.2 Å². The molecule has 0 unspecified atom stereocenters. The minimum atomic E-state index is 0.00167. The van der Waals surface area contributed by atoms with Gasteiger partial charge >= 0.3 is 0 Å². The summed E-state index contributed by atoms with van der Waals surface area (Å²) < 4.78 is 1.68.